The second-order valence-corrected chi connectivity index (χ2v) is 4.68. The van der Waals surface area contributed by atoms with Crippen LogP contribution in [0.5, 0.6) is 0 Å². The van der Waals surface area contributed by atoms with Crippen LogP contribution in [0, 0.1) is 5.92 Å². The maximum absolute atomic E-state index is 10.5. The number of nitrogens with zero attached hydrogens (tertiary/aromatic N) is 1. The fourth-order valence-electron chi connectivity index (χ4n) is 2.30. The molecular formula is C12H18N2O. The zero-order valence-electron chi connectivity index (χ0n) is 9.11. The summed E-state index contributed by atoms with van der Waals surface area (Å²) in [6.07, 6.45) is 7.07. The maximum Gasteiger partial charge on any atom is 0.0931 e. The number of aliphatic hydroxyl groups is 1. The molecule has 0 aromatic carbocycles. The summed E-state index contributed by atoms with van der Waals surface area (Å²) in [7, 11) is 0. The highest BCUT2D eigenvalue weighted by atomic mass is 16.3. The Bertz CT molecular complexity index is 343. The van der Waals surface area contributed by atoms with Crippen molar-refractivity contribution >= 4 is 5.69 Å². The number of hydrogen-bond donors (Lipinski definition) is 2. The van der Waals surface area contributed by atoms with Gasteiger partial charge in [0.05, 0.1) is 5.60 Å². The molecule has 3 heteroatoms. The molecule has 1 aromatic rings. The van der Waals surface area contributed by atoms with Crippen LogP contribution in [0.4, 0.5) is 5.69 Å². The van der Waals surface area contributed by atoms with Gasteiger partial charge in [0.15, 0.2) is 0 Å². The first-order valence-electron chi connectivity index (χ1n) is 5.54. The molecule has 0 unspecified atom stereocenters. The number of rotatable bonds is 1. The number of hydrogen-bond acceptors (Lipinski definition) is 3. The Balaban J connectivity index is 2.26. The number of nitrogen functional groups attached to an aromatic ring is 1. The van der Waals surface area contributed by atoms with Crippen LogP contribution >= 0.6 is 0 Å². The van der Waals surface area contributed by atoms with E-state index in [1.54, 1.807) is 18.5 Å². The molecule has 1 fully saturated rings. The van der Waals surface area contributed by atoms with Crippen LogP contribution in [0.1, 0.15) is 38.2 Å². The zero-order valence-corrected chi connectivity index (χ0v) is 9.11. The van der Waals surface area contributed by atoms with E-state index in [1.165, 1.54) is 0 Å². The van der Waals surface area contributed by atoms with Crippen LogP contribution in [0.2, 0.25) is 0 Å². The average Bonchev–Trinajstić information content (AvgIpc) is 2.23. The SMILES string of the molecule is CC1CCC(O)(c2cnccc2N)CC1. The molecule has 3 nitrogen and oxygen atoms in total. The monoisotopic (exact) mass is 206 g/mol. The molecule has 1 heterocycles. The molecule has 0 aliphatic heterocycles. The van der Waals surface area contributed by atoms with Gasteiger partial charge in [-0.2, -0.15) is 0 Å². The van der Waals surface area contributed by atoms with Gasteiger partial charge in [0.2, 0.25) is 0 Å². The summed E-state index contributed by atoms with van der Waals surface area (Å²) in [5.74, 6) is 0.711. The fourth-order valence-corrected chi connectivity index (χ4v) is 2.30. The van der Waals surface area contributed by atoms with E-state index in [4.69, 9.17) is 5.73 Å². The smallest absolute Gasteiger partial charge is 0.0931 e. The zero-order chi connectivity index (χ0) is 10.9. The topological polar surface area (TPSA) is 59.1 Å². The van der Waals surface area contributed by atoms with Crippen molar-refractivity contribution in [2.45, 2.75) is 38.2 Å². The molecule has 1 aliphatic rings. The molecule has 1 aliphatic carbocycles. The first kappa shape index (κ1) is 10.4. The van der Waals surface area contributed by atoms with Crippen LogP contribution in [0.3, 0.4) is 0 Å². The van der Waals surface area contributed by atoms with Gasteiger partial charge in [-0.05, 0) is 37.7 Å². The minimum Gasteiger partial charge on any atom is -0.398 e. The third-order valence-corrected chi connectivity index (χ3v) is 3.46. The predicted octanol–water partition coefficient (Wildman–Crippen LogP) is 2.06. The van der Waals surface area contributed by atoms with Gasteiger partial charge in [0, 0.05) is 23.6 Å². The normalized spacial score (nSPS) is 31.5. The minimum atomic E-state index is -0.745. The van der Waals surface area contributed by atoms with E-state index in [-0.39, 0.29) is 0 Å². The van der Waals surface area contributed by atoms with Gasteiger partial charge >= 0.3 is 0 Å². The van der Waals surface area contributed by atoms with Crippen molar-refractivity contribution in [2.24, 2.45) is 5.92 Å². The predicted molar refractivity (Wildman–Crippen MR) is 60.2 cm³/mol. The molecule has 82 valence electrons. The van der Waals surface area contributed by atoms with Gasteiger partial charge < -0.3 is 10.8 Å². The Morgan fingerprint density at radius 3 is 2.73 bits per heavy atom. The van der Waals surface area contributed by atoms with Crippen molar-refractivity contribution in [3.05, 3.63) is 24.0 Å². The molecule has 3 N–H and O–H groups in total. The number of aromatic nitrogens is 1. The molecule has 0 bridgehead atoms. The van der Waals surface area contributed by atoms with Gasteiger partial charge in [-0.25, -0.2) is 0 Å². The molecule has 15 heavy (non-hydrogen) atoms. The lowest BCUT2D eigenvalue weighted by Gasteiger charge is -2.35. The second kappa shape index (κ2) is 3.81. The fraction of sp³-hybridized carbons (Fsp3) is 0.583. The molecule has 0 amide bonds. The first-order valence-corrected chi connectivity index (χ1v) is 5.54. The first-order chi connectivity index (χ1) is 7.12. The molecule has 0 saturated heterocycles. The number of anilines is 1. The minimum absolute atomic E-state index is 0.655. The third kappa shape index (κ3) is 1.97. The van der Waals surface area contributed by atoms with Crippen molar-refractivity contribution in [3.8, 4) is 0 Å². The van der Waals surface area contributed by atoms with Crippen LogP contribution in [-0.4, -0.2) is 10.1 Å². The lowest BCUT2D eigenvalue weighted by Crippen LogP contribution is -2.31. The van der Waals surface area contributed by atoms with Gasteiger partial charge in [-0.1, -0.05) is 6.92 Å². The van der Waals surface area contributed by atoms with E-state index < -0.39 is 5.60 Å². The highest BCUT2D eigenvalue weighted by Gasteiger charge is 2.34. The van der Waals surface area contributed by atoms with Crippen molar-refractivity contribution in [2.75, 3.05) is 5.73 Å². The van der Waals surface area contributed by atoms with E-state index in [0.29, 0.717) is 11.6 Å². The van der Waals surface area contributed by atoms with Crippen LogP contribution in [0.25, 0.3) is 0 Å². The lowest BCUT2D eigenvalue weighted by atomic mass is 9.76. The summed E-state index contributed by atoms with van der Waals surface area (Å²) in [5.41, 5.74) is 6.58. The van der Waals surface area contributed by atoms with Gasteiger partial charge in [0.1, 0.15) is 0 Å². The lowest BCUT2D eigenvalue weighted by molar-refractivity contribution is -0.0116. The largest absolute Gasteiger partial charge is 0.398 e. The van der Waals surface area contributed by atoms with Gasteiger partial charge in [0.25, 0.3) is 0 Å². The molecule has 2 rings (SSSR count). The number of nitrogens with two attached hydrogens (primary N) is 1. The van der Waals surface area contributed by atoms with E-state index in [1.807, 2.05) is 0 Å². The van der Waals surface area contributed by atoms with Crippen molar-refractivity contribution in [3.63, 3.8) is 0 Å². The third-order valence-electron chi connectivity index (χ3n) is 3.46. The highest BCUT2D eigenvalue weighted by molar-refractivity contribution is 5.47. The van der Waals surface area contributed by atoms with Gasteiger partial charge in [-0.3, -0.25) is 4.98 Å². The summed E-state index contributed by atoms with van der Waals surface area (Å²) in [5, 5.41) is 10.5. The average molecular weight is 206 g/mol. The Labute approximate surface area is 90.3 Å². The van der Waals surface area contributed by atoms with Crippen molar-refractivity contribution < 1.29 is 5.11 Å². The van der Waals surface area contributed by atoms with Crippen LogP contribution < -0.4 is 5.73 Å². The molecule has 0 spiro atoms. The molecule has 1 aromatic heterocycles. The van der Waals surface area contributed by atoms with E-state index in [9.17, 15) is 5.11 Å². The van der Waals surface area contributed by atoms with Crippen LogP contribution in [-0.2, 0) is 5.60 Å². The Morgan fingerprint density at radius 1 is 1.47 bits per heavy atom. The maximum atomic E-state index is 10.5. The van der Waals surface area contributed by atoms with E-state index >= 15 is 0 Å². The summed E-state index contributed by atoms with van der Waals surface area (Å²) in [4.78, 5) is 4.04. The molecule has 1 saturated carbocycles. The van der Waals surface area contributed by atoms with Crippen molar-refractivity contribution in [1.29, 1.82) is 0 Å². The Kier molecular flexibility index (Phi) is 2.65. The summed E-state index contributed by atoms with van der Waals surface area (Å²) < 4.78 is 0. The number of pyridine rings is 1. The Morgan fingerprint density at radius 2 is 2.13 bits per heavy atom. The van der Waals surface area contributed by atoms with Gasteiger partial charge in [-0.15, -0.1) is 0 Å². The second-order valence-electron chi connectivity index (χ2n) is 4.68. The Hall–Kier alpha value is -1.09. The standard InChI is InChI=1S/C12H18N2O/c1-9-2-5-12(15,6-3-9)10-8-14-7-4-11(10)13/h4,7-9,15H,2-3,5-6H2,1H3,(H2,13,14). The van der Waals surface area contributed by atoms with Crippen molar-refractivity contribution in [1.82, 2.24) is 4.98 Å². The molecular weight excluding hydrogens is 188 g/mol. The molecule has 0 radical (unpaired) electrons. The van der Waals surface area contributed by atoms with E-state index in [2.05, 4.69) is 11.9 Å². The van der Waals surface area contributed by atoms with Crippen LogP contribution in [0.15, 0.2) is 18.5 Å². The quantitative estimate of drug-likeness (QED) is 0.739. The summed E-state index contributed by atoms with van der Waals surface area (Å²) in [6, 6.07) is 1.76. The summed E-state index contributed by atoms with van der Waals surface area (Å²) in [6.45, 7) is 2.23. The summed E-state index contributed by atoms with van der Waals surface area (Å²) >= 11 is 0. The van der Waals surface area contributed by atoms with E-state index in [0.717, 1.165) is 31.2 Å². The molecule has 0 atom stereocenters. The highest BCUT2D eigenvalue weighted by Crippen LogP contribution is 2.40.